The Hall–Kier alpha value is -1.44. The van der Waals surface area contributed by atoms with Crippen molar-refractivity contribution in [2.24, 2.45) is 0 Å². The summed E-state index contributed by atoms with van der Waals surface area (Å²) in [5, 5.41) is 0. The molecule has 1 aromatic carbocycles. The average molecular weight is 398 g/mol. The van der Waals surface area contributed by atoms with Gasteiger partial charge in [-0.05, 0) is 47.6 Å². The summed E-state index contributed by atoms with van der Waals surface area (Å²) in [6, 6.07) is 6.87. The first-order valence-electron chi connectivity index (χ1n) is 6.93. The predicted octanol–water partition coefficient (Wildman–Crippen LogP) is 1.31. The largest absolute Gasteiger partial charge is 0.329 e. The van der Waals surface area contributed by atoms with Gasteiger partial charge in [0.25, 0.3) is 0 Å². The number of hydrogen-bond donors (Lipinski definition) is 0. The summed E-state index contributed by atoms with van der Waals surface area (Å²) in [7, 11) is 0. The fraction of sp³-hybridized carbons (Fsp3) is 0.400. The van der Waals surface area contributed by atoms with E-state index in [0.717, 1.165) is 9.99 Å². The van der Waals surface area contributed by atoms with Crippen LogP contribution in [0.15, 0.2) is 24.3 Å². The van der Waals surface area contributed by atoms with Crippen molar-refractivity contribution < 1.29 is 14.4 Å². The molecule has 0 bridgehead atoms. The maximum Gasteiger partial charge on any atom is 0.246 e. The molecule has 3 rings (SSSR count). The molecular weight excluding hydrogens is 383 g/mol. The zero-order chi connectivity index (χ0) is 15.0. The number of carbonyl (C=O) groups is 3. The third kappa shape index (κ3) is 2.81. The van der Waals surface area contributed by atoms with Crippen molar-refractivity contribution in [3.8, 4) is 0 Å². The lowest BCUT2D eigenvalue weighted by molar-refractivity contribution is -0.152. The summed E-state index contributed by atoms with van der Waals surface area (Å²) in [5.74, 6) is -0.266. The van der Waals surface area contributed by atoms with Crippen LogP contribution in [0.25, 0.3) is 0 Å². The maximum atomic E-state index is 12.4. The predicted molar refractivity (Wildman–Crippen MR) is 84.8 cm³/mol. The number of halogens is 1. The Kier molecular flexibility index (Phi) is 3.97. The molecule has 110 valence electrons. The lowest BCUT2D eigenvalue weighted by Crippen LogP contribution is -2.58. The van der Waals surface area contributed by atoms with Gasteiger partial charge in [0.15, 0.2) is 5.78 Å². The minimum absolute atomic E-state index is 0.0183. The van der Waals surface area contributed by atoms with Crippen LogP contribution in [0.1, 0.15) is 23.2 Å². The number of amides is 2. The Balaban J connectivity index is 1.72. The van der Waals surface area contributed by atoms with Crippen molar-refractivity contribution in [1.29, 1.82) is 0 Å². The first-order chi connectivity index (χ1) is 10.1. The zero-order valence-corrected chi connectivity index (χ0v) is 13.6. The highest BCUT2D eigenvalue weighted by Gasteiger charge is 2.42. The van der Waals surface area contributed by atoms with E-state index in [1.807, 2.05) is 12.1 Å². The number of benzene rings is 1. The Morgan fingerprint density at radius 3 is 2.67 bits per heavy atom. The average Bonchev–Trinajstić information content (AvgIpc) is 2.95. The lowest BCUT2D eigenvalue weighted by Gasteiger charge is -2.36. The van der Waals surface area contributed by atoms with Crippen LogP contribution < -0.4 is 0 Å². The van der Waals surface area contributed by atoms with Crippen LogP contribution in [-0.4, -0.2) is 53.1 Å². The normalized spacial score (nSPS) is 21.7. The third-order valence-corrected chi connectivity index (χ3v) is 4.72. The van der Waals surface area contributed by atoms with E-state index in [2.05, 4.69) is 22.6 Å². The van der Waals surface area contributed by atoms with Crippen LogP contribution in [0.5, 0.6) is 0 Å². The molecule has 0 saturated carbocycles. The summed E-state index contributed by atoms with van der Waals surface area (Å²) in [6.07, 6.45) is 1.57. The summed E-state index contributed by atoms with van der Waals surface area (Å²) in [4.78, 5) is 39.7. The number of fused-ring (bicyclic) bond motifs is 1. The fourth-order valence-corrected chi connectivity index (χ4v) is 3.26. The van der Waals surface area contributed by atoms with Gasteiger partial charge in [-0.15, -0.1) is 0 Å². The van der Waals surface area contributed by atoms with Crippen LogP contribution in [0.4, 0.5) is 0 Å². The molecule has 1 unspecified atom stereocenters. The smallest absolute Gasteiger partial charge is 0.246 e. The van der Waals surface area contributed by atoms with Crippen LogP contribution >= 0.6 is 22.6 Å². The molecule has 21 heavy (non-hydrogen) atoms. The van der Waals surface area contributed by atoms with E-state index in [1.165, 1.54) is 4.90 Å². The monoisotopic (exact) mass is 398 g/mol. The molecule has 0 aliphatic carbocycles. The molecule has 0 radical (unpaired) electrons. The fourth-order valence-electron chi connectivity index (χ4n) is 2.90. The number of rotatable bonds is 3. The van der Waals surface area contributed by atoms with Gasteiger partial charge in [0.1, 0.15) is 12.6 Å². The van der Waals surface area contributed by atoms with Crippen molar-refractivity contribution in [1.82, 2.24) is 9.80 Å². The number of Topliss-reactive ketones (excluding diaryl/α,β-unsaturated/α-hetero) is 1. The Morgan fingerprint density at radius 2 is 1.95 bits per heavy atom. The van der Waals surface area contributed by atoms with Crippen molar-refractivity contribution in [2.75, 3.05) is 19.6 Å². The Bertz CT molecular complexity index is 599. The Labute approximate surface area is 136 Å². The summed E-state index contributed by atoms with van der Waals surface area (Å²) in [6.45, 7) is 0.662. The van der Waals surface area contributed by atoms with Gasteiger partial charge in [0, 0.05) is 15.7 Å². The second-order valence-electron chi connectivity index (χ2n) is 5.37. The van der Waals surface area contributed by atoms with Crippen LogP contribution in [0, 0.1) is 3.57 Å². The summed E-state index contributed by atoms with van der Waals surface area (Å²) < 4.78 is 1.05. The van der Waals surface area contributed by atoms with Crippen molar-refractivity contribution in [2.45, 2.75) is 18.9 Å². The number of hydrogen-bond acceptors (Lipinski definition) is 3. The van der Waals surface area contributed by atoms with E-state index in [9.17, 15) is 14.4 Å². The van der Waals surface area contributed by atoms with E-state index in [1.54, 1.807) is 17.0 Å². The van der Waals surface area contributed by atoms with E-state index < -0.39 is 0 Å². The minimum Gasteiger partial charge on any atom is -0.329 e. The van der Waals surface area contributed by atoms with Crippen LogP contribution in [0.3, 0.4) is 0 Å². The van der Waals surface area contributed by atoms with Gasteiger partial charge in [-0.2, -0.15) is 0 Å². The lowest BCUT2D eigenvalue weighted by atomic mass is 10.1. The van der Waals surface area contributed by atoms with Crippen molar-refractivity contribution in [3.05, 3.63) is 33.4 Å². The highest BCUT2D eigenvalue weighted by Crippen LogP contribution is 2.23. The second-order valence-corrected chi connectivity index (χ2v) is 6.62. The quantitative estimate of drug-likeness (QED) is 0.570. The summed E-state index contributed by atoms with van der Waals surface area (Å²) >= 11 is 2.17. The first-order valence-corrected chi connectivity index (χ1v) is 8.01. The van der Waals surface area contributed by atoms with Crippen molar-refractivity contribution >= 4 is 40.2 Å². The molecule has 6 heteroatoms. The van der Waals surface area contributed by atoms with E-state index in [0.29, 0.717) is 18.5 Å². The number of carbonyl (C=O) groups excluding carboxylic acids is 3. The van der Waals surface area contributed by atoms with Gasteiger partial charge in [0.2, 0.25) is 11.8 Å². The van der Waals surface area contributed by atoms with Gasteiger partial charge in [-0.25, -0.2) is 0 Å². The molecule has 2 fully saturated rings. The number of ketones is 1. The molecule has 2 aliphatic rings. The molecule has 5 nitrogen and oxygen atoms in total. The van der Waals surface area contributed by atoms with Crippen LogP contribution in [0.2, 0.25) is 0 Å². The second kappa shape index (κ2) is 5.75. The molecular formula is C15H15IN2O3. The third-order valence-electron chi connectivity index (χ3n) is 4.00. The number of piperazine rings is 1. The molecule has 2 amide bonds. The van der Waals surface area contributed by atoms with E-state index >= 15 is 0 Å². The molecule has 0 spiro atoms. The summed E-state index contributed by atoms with van der Waals surface area (Å²) in [5.41, 5.74) is 0.574. The molecule has 0 N–H and O–H groups in total. The molecule has 2 aliphatic heterocycles. The molecule has 2 saturated heterocycles. The zero-order valence-electron chi connectivity index (χ0n) is 11.4. The SMILES string of the molecule is O=C(CN1CC(=O)N2CCCC2C1=O)c1ccc(I)cc1. The molecule has 2 heterocycles. The number of nitrogens with zero attached hydrogens (tertiary/aromatic N) is 2. The highest BCUT2D eigenvalue weighted by atomic mass is 127. The first kappa shape index (κ1) is 14.5. The molecule has 0 aromatic heterocycles. The maximum absolute atomic E-state index is 12.4. The molecule has 1 atom stereocenters. The van der Waals surface area contributed by atoms with Gasteiger partial charge < -0.3 is 9.80 Å². The topological polar surface area (TPSA) is 57.7 Å². The van der Waals surface area contributed by atoms with Gasteiger partial charge in [-0.3, -0.25) is 14.4 Å². The van der Waals surface area contributed by atoms with Gasteiger partial charge >= 0.3 is 0 Å². The molecule has 1 aromatic rings. The standard InChI is InChI=1S/C15H15IN2O3/c16-11-5-3-10(4-6-11)13(19)8-17-9-14(20)18-7-1-2-12(18)15(17)21/h3-6,12H,1-2,7-9H2. The van der Waals surface area contributed by atoms with Gasteiger partial charge in [-0.1, -0.05) is 12.1 Å². The minimum atomic E-state index is -0.351. The van der Waals surface area contributed by atoms with E-state index in [-0.39, 0.29) is 36.7 Å². The van der Waals surface area contributed by atoms with Crippen LogP contribution in [-0.2, 0) is 9.59 Å². The van der Waals surface area contributed by atoms with Gasteiger partial charge in [0.05, 0.1) is 6.54 Å². The highest BCUT2D eigenvalue weighted by molar-refractivity contribution is 14.1. The Morgan fingerprint density at radius 1 is 1.24 bits per heavy atom. The van der Waals surface area contributed by atoms with Crippen molar-refractivity contribution in [3.63, 3.8) is 0 Å². The van der Waals surface area contributed by atoms with E-state index in [4.69, 9.17) is 0 Å².